The zero-order valence-electron chi connectivity index (χ0n) is 12.9. The number of nitrogens with zero attached hydrogens (tertiary/aromatic N) is 1. The maximum Gasteiger partial charge on any atom is 0.225 e. The van der Waals surface area contributed by atoms with Crippen LogP contribution in [0.4, 0.5) is 0 Å². The Bertz CT molecular complexity index is 473. The second-order valence-corrected chi connectivity index (χ2v) is 6.88. The lowest BCUT2D eigenvalue weighted by atomic mass is 9.65. The summed E-state index contributed by atoms with van der Waals surface area (Å²) < 4.78 is 0. The highest BCUT2D eigenvalue weighted by atomic mass is 16.2. The van der Waals surface area contributed by atoms with Crippen molar-refractivity contribution in [3.63, 3.8) is 0 Å². The van der Waals surface area contributed by atoms with Crippen molar-refractivity contribution < 1.29 is 4.79 Å². The lowest BCUT2D eigenvalue weighted by Crippen LogP contribution is -2.49. The SMILES string of the molecule is CN(Cc1ccccc1)C(=O)C1CC2CCCC(C1)C2N. The summed E-state index contributed by atoms with van der Waals surface area (Å²) in [6, 6.07) is 10.6. The fraction of sp³-hybridized carbons (Fsp3) is 0.611. The van der Waals surface area contributed by atoms with Gasteiger partial charge in [-0.1, -0.05) is 36.8 Å². The molecule has 3 rings (SSSR count). The lowest BCUT2D eigenvalue weighted by Gasteiger charge is -2.44. The highest BCUT2D eigenvalue weighted by Gasteiger charge is 2.41. The molecule has 21 heavy (non-hydrogen) atoms. The summed E-state index contributed by atoms with van der Waals surface area (Å²) in [7, 11) is 1.93. The number of fused-ring (bicyclic) bond motifs is 2. The molecular weight excluding hydrogens is 260 g/mol. The van der Waals surface area contributed by atoms with Gasteiger partial charge in [0.15, 0.2) is 0 Å². The number of rotatable bonds is 3. The van der Waals surface area contributed by atoms with Gasteiger partial charge in [0.2, 0.25) is 5.91 Å². The van der Waals surface area contributed by atoms with Gasteiger partial charge in [0.1, 0.15) is 0 Å². The molecule has 2 atom stereocenters. The second-order valence-electron chi connectivity index (χ2n) is 6.88. The molecule has 2 aliphatic carbocycles. The van der Waals surface area contributed by atoms with Gasteiger partial charge in [-0.15, -0.1) is 0 Å². The standard InChI is InChI=1S/C18H26N2O/c1-20(12-13-6-3-2-4-7-13)18(21)16-10-14-8-5-9-15(11-16)17(14)19/h2-4,6-7,14-17H,5,8-12,19H2,1H3. The molecule has 3 heteroatoms. The van der Waals surface area contributed by atoms with Crippen LogP contribution in [0.3, 0.4) is 0 Å². The summed E-state index contributed by atoms with van der Waals surface area (Å²) in [5.74, 6) is 1.63. The average molecular weight is 286 g/mol. The van der Waals surface area contributed by atoms with Crippen LogP contribution in [0.15, 0.2) is 30.3 Å². The van der Waals surface area contributed by atoms with Crippen LogP contribution in [0.2, 0.25) is 0 Å². The highest BCUT2D eigenvalue weighted by molar-refractivity contribution is 5.78. The summed E-state index contributed by atoms with van der Waals surface area (Å²) in [6.45, 7) is 0.706. The van der Waals surface area contributed by atoms with Crippen LogP contribution in [0, 0.1) is 17.8 Å². The molecule has 0 radical (unpaired) electrons. The Morgan fingerprint density at radius 3 is 2.43 bits per heavy atom. The summed E-state index contributed by atoms with van der Waals surface area (Å²) >= 11 is 0. The van der Waals surface area contributed by atoms with E-state index in [9.17, 15) is 4.79 Å². The molecule has 1 aromatic carbocycles. The first-order chi connectivity index (χ1) is 10.1. The maximum absolute atomic E-state index is 12.7. The van der Waals surface area contributed by atoms with Crippen LogP contribution in [0.25, 0.3) is 0 Å². The molecular formula is C18H26N2O. The predicted molar refractivity (Wildman–Crippen MR) is 84.4 cm³/mol. The average Bonchev–Trinajstić information content (AvgIpc) is 2.47. The van der Waals surface area contributed by atoms with E-state index in [4.69, 9.17) is 5.73 Å². The third-order valence-corrected chi connectivity index (χ3v) is 5.40. The number of hydrogen-bond donors (Lipinski definition) is 1. The smallest absolute Gasteiger partial charge is 0.225 e. The number of carbonyl (C=O) groups excluding carboxylic acids is 1. The van der Waals surface area contributed by atoms with Crippen LogP contribution in [0.1, 0.15) is 37.7 Å². The quantitative estimate of drug-likeness (QED) is 0.928. The van der Waals surface area contributed by atoms with Crippen molar-refractivity contribution in [3.05, 3.63) is 35.9 Å². The topological polar surface area (TPSA) is 46.3 Å². The molecule has 0 spiro atoms. The number of hydrogen-bond acceptors (Lipinski definition) is 2. The van der Waals surface area contributed by atoms with Gasteiger partial charge in [-0.2, -0.15) is 0 Å². The van der Waals surface area contributed by atoms with Crippen LogP contribution in [-0.4, -0.2) is 23.9 Å². The molecule has 0 aromatic heterocycles. The van der Waals surface area contributed by atoms with Crippen molar-refractivity contribution in [1.82, 2.24) is 4.90 Å². The first kappa shape index (κ1) is 14.6. The van der Waals surface area contributed by atoms with Gasteiger partial charge in [0.25, 0.3) is 0 Å². The van der Waals surface area contributed by atoms with Crippen molar-refractivity contribution in [3.8, 4) is 0 Å². The molecule has 0 saturated heterocycles. The normalized spacial score (nSPS) is 31.7. The molecule has 2 fully saturated rings. The van der Waals surface area contributed by atoms with Crippen LogP contribution in [0.5, 0.6) is 0 Å². The monoisotopic (exact) mass is 286 g/mol. The summed E-state index contributed by atoms with van der Waals surface area (Å²) in [4.78, 5) is 14.6. The fourth-order valence-electron chi connectivity index (χ4n) is 4.24. The Balaban J connectivity index is 1.62. The summed E-state index contributed by atoms with van der Waals surface area (Å²) in [5.41, 5.74) is 7.52. The number of nitrogens with two attached hydrogens (primary N) is 1. The highest BCUT2D eigenvalue weighted by Crippen LogP contribution is 2.42. The minimum atomic E-state index is 0.189. The summed E-state index contributed by atoms with van der Waals surface area (Å²) in [5, 5.41) is 0. The minimum Gasteiger partial charge on any atom is -0.341 e. The van der Waals surface area contributed by atoms with Gasteiger partial charge < -0.3 is 10.6 Å². The van der Waals surface area contributed by atoms with Gasteiger partial charge in [0.05, 0.1) is 0 Å². The third kappa shape index (κ3) is 3.13. The molecule has 2 saturated carbocycles. The second kappa shape index (κ2) is 6.18. The van der Waals surface area contributed by atoms with E-state index in [1.807, 2.05) is 30.1 Å². The first-order valence-electron chi connectivity index (χ1n) is 8.19. The molecule has 1 amide bonds. The van der Waals surface area contributed by atoms with E-state index in [1.165, 1.54) is 24.8 Å². The molecule has 2 aliphatic rings. The van der Waals surface area contributed by atoms with Crippen molar-refractivity contribution in [2.24, 2.45) is 23.5 Å². The zero-order valence-corrected chi connectivity index (χ0v) is 12.9. The van der Waals surface area contributed by atoms with E-state index < -0.39 is 0 Å². The van der Waals surface area contributed by atoms with Gasteiger partial charge in [-0.3, -0.25) is 4.79 Å². The van der Waals surface area contributed by atoms with Gasteiger partial charge in [-0.05, 0) is 43.1 Å². The molecule has 1 aromatic rings. The largest absolute Gasteiger partial charge is 0.341 e. The van der Waals surface area contributed by atoms with E-state index in [0.29, 0.717) is 30.3 Å². The number of benzene rings is 1. The van der Waals surface area contributed by atoms with Crippen molar-refractivity contribution in [2.75, 3.05) is 7.05 Å². The molecule has 114 valence electrons. The lowest BCUT2D eigenvalue weighted by molar-refractivity contribution is -0.137. The molecule has 3 nitrogen and oxygen atoms in total. The molecule has 0 heterocycles. The van der Waals surface area contributed by atoms with Gasteiger partial charge >= 0.3 is 0 Å². The Morgan fingerprint density at radius 2 is 1.81 bits per heavy atom. The van der Waals surface area contributed by atoms with E-state index in [0.717, 1.165) is 12.8 Å². The number of carbonyl (C=O) groups is 1. The Labute approximate surface area is 127 Å². The Hall–Kier alpha value is -1.35. The predicted octanol–water partition coefficient (Wildman–Crippen LogP) is 2.80. The van der Waals surface area contributed by atoms with E-state index >= 15 is 0 Å². The molecule has 0 aliphatic heterocycles. The van der Waals surface area contributed by atoms with Crippen LogP contribution in [-0.2, 0) is 11.3 Å². The van der Waals surface area contributed by atoms with Gasteiger partial charge in [-0.25, -0.2) is 0 Å². The van der Waals surface area contributed by atoms with E-state index in [-0.39, 0.29) is 5.92 Å². The van der Waals surface area contributed by atoms with Crippen LogP contribution < -0.4 is 5.73 Å². The van der Waals surface area contributed by atoms with E-state index in [1.54, 1.807) is 0 Å². The number of amides is 1. The molecule has 2 bridgehead atoms. The maximum atomic E-state index is 12.7. The Kier molecular flexibility index (Phi) is 4.29. The van der Waals surface area contributed by atoms with Crippen molar-refractivity contribution in [1.29, 1.82) is 0 Å². The van der Waals surface area contributed by atoms with Crippen LogP contribution >= 0.6 is 0 Å². The van der Waals surface area contributed by atoms with Gasteiger partial charge in [0, 0.05) is 25.6 Å². The molecule has 2 N–H and O–H groups in total. The fourth-order valence-corrected chi connectivity index (χ4v) is 4.24. The summed E-state index contributed by atoms with van der Waals surface area (Å²) in [6.07, 6.45) is 5.71. The first-order valence-corrected chi connectivity index (χ1v) is 8.19. The third-order valence-electron chi connectivity index (χ3n) is 5.40. The Morgan fingerprint density at radius 1 is 1.19 bits per heavy atom. The minimum absolute atomic E-state index is 0.189. The van der Waals surface area contributed by atoms with E-state index in [2.05, 4.69) is 12.1 Å². The zero-order chi connectivity index (χ0) is 14.8. The van der Waals surface area contributed by atoms with Crippen molar-refractivity contribution in [2.45, 2.75) is 44.7 Å². The molecule has 2 unspecified atom stereocenters. The van der Waals surface area contributed by atoms with Crippen molar-refractivity contribution >= 4 is 5.91 Å².